The maximum atomic E-state index is 2.46. The van der Waals surface area contributed by atoms with Crippen LogP contribution in [0.15, 0.2) is 24.3 Å². The zero-order chi connectivity index (χ0) is 9.84. The van der Waals surface area contributed by atoms with Crippen LogP contribution in [0.2, 0.25) is 9.26 Å². The van der Waals surface area contributed by atoms with Gasteiger partial charge in [-0.1, -0.05) is 0 Å². The van der Waals surface area contributed by atoms with E-state index in [1.165, 1.54) is 0 Å². The van der Waals surface area contributed by atoms with Crippen LogP contribution in [0.3, 0.4) is 0 Å². The van der Waals surface area contributed by atoms with E-state index in [0.29, 0.717) is 0 Å². The van der Waals surface area contributed by atoms with Crippen LogP contribution < -0.4 is 3.27 Å². The van der Waals surface area contributed by atoms with E-state index >= 15 is 0 Å². The second-order valence-corrected chi connectivity index (χ2v) is 13.8. The van der Waals surface area contributed by atoms with Gasteiger partial charge in [-0.15, -0.1) is 0 Å². The number of rotatable bonds is 3. The Morgan fingerprint density at radius 2 is 1.77 bits per heavy atom. The molecule has 1 nitrogen and oxygen atoms in total. The summed E-state index contributed by atoms with van der Waals surface area (Å²) < 4.78 is 6.60. The Kier molecular flexibility index (Phi) is 4.35. The molecule has 0 amide bonds. The van der Waals surface area contributed by atoms with E-state index in [1.54, 1.807) is 8.83 Å². The van der Waals surface area contributed by atoms with Crippen molar-refractivity contribution in [3.63, 3.8) is 0 Å². The maximum absolute atomic E-state index is 2.46. The molecule has 0 saturated heterocycles. The molecular formula is C11H19BiN. The third-order valence-corrected chi connectivity index (χ3v) is 8.13. The van der Waals surface area contributed by atoms with Crippen LogP contribution in [0.1, 0.15) is 5.56 Å². The van der Waals surface area contributed by atoms with E-state index in [2.05, 4.69) is 52.5 Å². The van der Waals surface area contributed by atoms with Gasteiger partial charge in [0.15, 0.2) is 0 Å². The van der Waals surface area contributed by atoms with E-state index in [9.17, 15) is 0 Å². The Hall–Kier alpha value is 0.0631. The van der Waals surface area contributed by atoms with Crippen molar-refractivity contribution in [3.05, 3.63) is 29.8 Å². The molecule has 1 aromatic carbocycles. The second-order valence-electron chi connectivity index (χ2n) is 3.89. The summed E-state index contributed by atoms with van der Waals surface area (Å²) in [7, 11) is 4.26. The zero-order valence-corrected chi connectivity index (χ0v) is 12.9. The van der Waals surface area contributed by atoms with Gasteiger partial charge in [-0.3, -0.25) is 0 Å². The van der Waals surface area contributed by atoms with Crippen molar-refractivity contribution in [1.29, 1.82) is 0 Å². The Morgan fingerprint density at radius 3 is 2.31 bits per heavy atom. The molecule has 0 aliphatic heterocycles. The molecule has 1 rings (SSSR count). The van der Waals surface area contributed by atoms with Crippen molar-refractivity contribution in [1.82, 2.24) is 4.90 Å². The van der Waals surface area contributed by atoms with Crippen LogP contribution in [0.5, 0.6) is 0 Å². The summed E-state index contributed by atoms with van der Waals surface area (Å²) in [5, 5.41) is 0. The summed E-state index contributed by atoms with van der Waals surface area (Å²) in [6, 6.07) is 8.91. The Balaban J connectivity index is 2.91. The molecule has 0 heterocycles. The third-order valence-electron chi connectivity index (χ3n) is 2.04. The second kappa shape index (κ2) is 5.07. The molecule has 0 spiro atoms. The molecule has 13 heavy (non-hydrogen) atoms. The topological polar surface area (TPSA) is 3.24 Å². The Morgan fingerprint density at radius 1 is 1.15 bits per heavy atom. The van der Waals surface area contributed by atoms with Gasteiger partial charge in [0, 0.05) is 0 Å². The van der Waals surface area contributed by atoms with Gasteiger partial charge < -0.3 is 0 Å². The van der Waals surface area contributed by atoms with Gasteiger partial charge >= 0.3 is 89.7 Å². The number of hydrogen-bond donors (Lipinski definition) is 0. The molecule has 73 valence electrons. The summed E-state index contributed by atoms with van der Waals surface area (Å²) in [4.78, 5) is 2.24. The van der Waals surface area contributed by atoms with Crippen LogP contribution in [-0.2, 0) is 6.54 Å². The molecule has 0 atom stereocenters. The van der Waals surface area contributed by atoms with Crippen molar-refractivity contribution < 1.29 is 0 Å². The fraction of sp³-hybridized carbons (Fsp3) is 0.455. The normalized spacial score (nSPS) is 11.2. The van der Waals surface area contributed by atoms with E-state index in [4.69, 9.17) is 0 Å². The molecule has 0 bridgehead atoms. The van der Waals surface area contributed by atoms with Crippen LogP contribution in [0.25, 0.3) is 0 Å². The molecule has 0 N–H and O–H groups in total. The van der Waals surface area contributed by atoms with Crippen molar-refractivity contribution >= 4 is 25.0 Å². The van der Waals surface area contributed by atoms with Crippen LogP contribution >= 0.6 is 0 Å². The Labute approximate surface area is 89.4 Å². The molecule has 1 radical (unpaired) electrons. The molecule has 0 unspecified atom stereocenters. The minimum atomic E-state index is -1.33. The minimum absolute atomic E-state index is 1.09. The molecule has 0 saturated carbocycles. The molecular weight excluding hydrogens is 355 g/mol. The fourth-order valence-electron chi connectivity index (χ4n) is 1.49. The monoisotopic (exact) mass is 374 g/mol. The van der Waals surface area contributed by atoms with E-state index in [1.807, 2.05) is 0 Å². The van der Waals surface area contributed by atoms with Crippen molar-refractivity contribution in [2.45, 2.75) is 15.8 Å². The van der Waals surface area contributed by atoms with E-state index < -0.39 is 21.8 Å². The molecule has 0 aliphatic rings. The Bertz CT molecular complexity index is 269. The van der Waals surface area contributed by atoms with E-state index in [-0.39, 0.29) is 0 Å². The molecule has 1 aromatic rings. The van der Waals surface area contributed by atoms with Crippen LogP contribution in [0, 0.1) is 0 Å². The summed E-state index contributed by atoms with van der Waals surface area (Å²) in [5.74, 6) is 0. The first-order valence-corrected chi connectivity index (χ1v) is 14.4. The third kappa shape index (κ3) is 3.36. The summed E-state index contributed by atoms with van der Waals surface area (Å²) in [5.41, 5.74) is 1.54. The average Bonchev–Trinajstić information content (AvgIpc) is 2.03. The van der Waals surface area contributed by atoms with Gasteiger partial charge in [-0.05, 0) is 0 Å². The predicted molar refractivity (Wildman–Crippen MR) is 62.3 cm³/mol. The average molecular weight is 374 g/mol. The van der Waals surface area contributed by atoms with E-state index in [0.717, 1.165) is 6.54 Å². The first kappa shape index (κ1) is 11.1. The fourth-order valence-corrected chi connectivity index (χ4v) is 6.28. The first-order chi connectivity index (χ1) is 6.11. The zero-order valence-electron chi connectivity index (χ0n) is 8.96. The first-order valence-electron chi connectivity index (χ1n) is 4.64. The summed E-state index contributed by atoms with van der Waals surface area (Å²) >= 11 is -1.33. The molecule has 2 heteroatoms. The van der Waals surface area contributed by atoms with Crippen molar-refractivity contribution in [2.24, 2.45) is 0 Å². The summed E-state index contributed by atoms with van der Waals surface area (Å²) in [6.45, 7) is 1.09. The van der Waals surface area contributed by atoms with Gasteiger partial charge in [0.1, 0.15) is 0 Å². The number of nitrogens with zero attached hydrogens (tertiary/aromatic N) is 1. The predicted octanol–water partition coefficient (Wildman–Crippen LogP) is 1.44. The quantitative estimate of drug-likeness (QED) is 0.724. The van der Waals surface area contributed by atoms with Gasteiger partial charge in [-0.25, -0.2) is 0 Å². The van der Waals surface area contributed by atoms with Crippen LogP contribution in [0.4, 0.5) is 0 Å². The summed E-state index contributed by atoms with van der Waals surface area (Å²) in [6.07, 6.45) is 0. The molecule has 0 fully saturated rings. The molecule has 0 aliphatic carbocycles. The number of hydrogen-bond acceptors (Lipinski definition) is 1. The number of benzene rings is 1. The van der Waals surface area contributed by atoms with Gasteiger partial charge in [0.25, 0.3) is 0 Å². The van der Waals surface area contributed by atoms with Gasteiger partial charge in [0.2, 0.25) is 0 Å². The van der Waals surface area contributed by atoms with Crippen molar-refractivity contribution in [2.75, 3.05) is 14.1 Å². The van der Waals surface area contributed by atoms with Crippen LogP contribution in [-0.4, -0.2) is 40.7 Å². The molecule has 0 aromatic heterocycles. The van der Waals surface area contributed by atoms with Gasteiger partial charge in [0.05, 0.1) is 0 Å². The standard InChI is InChI=1S/C9H12N.2CH3.Bi.H/c1-10(2)8-9-6-4-3-5-7-9;;;;/h3-6H,8H2,1-2H3;2*1H3;;. The van der Waals surface area contributed by atoms with Gasteiger partial charge in [-0.2, -0.15) is 0 Å². The SMILES string of the molecule is CN(C)Cc1cccc[c]1[BiH]([CH3])[CH3]. The van der Waals surface area contributed by atoms with Crippen molar-refractivity contribution in [3.8, 4) is 0 Å².